The second kappa shape index (κ2) is 6.56. The minimum Gasteiger partial charge on any atom is -0.386 e. The van der Waals surface area contributed by atoms with Crippen LogP contribution < -0.4 is 16.4 Å². The van der Waals surface area contributed by atoms with Crippen molar-refractivity contribution in [1.82, 2.24) is 5.32 Å². The van der Waals surface area contributed by atoms with Crippen LogP contribution in [0.5, 0.6) is 0 Å². The summed E-state index contributed by atoms with van der Waals surface area (Å²) in [5, 5.41) is 13.1. The van der Waals surface area contributed by atoms with Crippen LogP contribution in [-0.2, 0) is 0 Å². The molecule has 0 radical (unpaired) electrons. The van der Waals surface area contributed by atoms with Crippen molar-refractivity contribution in [3.8, 4) is 0 Å². The fraction of sp³-hybridized carbons (Fsp3) is 0.125. The van der Waals surface area contributed by atoms with Crippen LogP contribution in [0.25, 0.3) is 0 Å². The molecule has 2 aromatic carbocycles. The Kier molecular flexibility index (Phi) is 4.56. The van der Waals surface area contributed by atoms with Gasteiger partial charge in [0, 0.05) is 5.69 Å². The highest BCUT2D eigenvalue weighted by Gasteiger charge is 2.17. The van der Waals surface area contributed by atoms with Crippen molar-refractivity contribution in [2.45, 2.75) is 13.0 Å². The molecule has 0 saturated heterocycles. The first-order chi connectivity index (χ1) is 10.1. The lowest BCUT2D eigenvalue weighted by Crippen LogP contribution is -2.39. The number of aryl methyl sites for hydroxylation is 1. The van der Waals surface area contributed by atoms with E-state index in [1.54, 1.807) is 6.07 Å². The van der Waals surface area contributed by atoms with Gasteiger partial charge in [-0.15, -0.1) is 0 Å². The number of nitrogens with one attached hydrogen (secondary N) is 3. The molecule has 1 atom stereocenters. The lowest BCUT2D eigenvalue weighted by atomic mass is 10.1. The van der Waals surface area contributed by atoms with Gasteiger partial charge in [-0.25, -0.2) is 4.79 Å². The molecule has 5 heteroatoms. The highest BCUT2D eigenvalue weighted by Crippen LogP contribution is 2.13. The van der Waals surface area contributed by atoms with Gasteiger partial charge in [0.05, 0.1) is 0 Å². The molecule has 5 N–H and O–H groups in total. The number of nitrogens with two attached hydrogens (primary N) is 1. The largest absolute Gasteiger partial charge is 0.386 e. The van der Waals surface area contributed by atoms with Gasteiger partial charge in [0.1, 0.15) is 11.9 Å². The summed E-state index contributed by atoms with van der Waals surface area (Å²) in [6.45, 7) is 1.95. The van der Waals surface area contributed by atoms with E-state index in [1.165, 1.54) is 0 Å². The van der Waals surface area contributed by atoms with Crippen LogP contribution in [0.3, 0.4) is 0 Å². The van der Waals surface area contributed by atoms with Gasteiger partial charge in [0.2, 0.25) is 0 Å². The first-order valence-corrected chi connectivity index (χ1v) is 6.59. The van der Waals surface area contributed by atoms with Crippen molar-refractivity contribution < 1.29 is 4.79 Å². The topological polar surface area (TPSA) is 91.0 Å². The maximum absolute atomic E-state index is 12.0. The van der Waals surface area contributed by atoms with E-state index in [0.29, 0.717) is 5.69 Å². The Bertz CT molecular complexity index is 640. The molecule has 0 aromatic heterocycles. The zero-order valence-electron chi connectivity index (χ0n) is 11.8. The van der Waals surface area contributed by atoms with Crippen LogP contribution in [0.1, 0.15) is 17.2 Å². The number of carbonyl (C=O) groups excluding carboxylic acids is 1. The molecule has 0 aliphatic rings. The normalized spacial score (nSPS) is 11.5. The Morgan fingerprint density at radius 1 is 1.14 bits per heavy atom. The summed E-state index contributed by atoms with van der Waals surface area (Å²) in [5.41, 5.74) is 8.09. The third kappa shape index (κ3) is 4.07. The zero-order valence-corrected chi connectivity index (χ0v) is 11.8. The van der Waals surface area contributed by atoms with E-state index in [4.69, 9.17) is 11.1 Å². The highest BCUT2D eigenvalue weighted by atomic mass is 16.2. The molecule has 0 fully saturated rings. The summed E-state index contributed by atoms with van der Waals surface area (Å²) < 4.78 is 0. The molecule has 0 aliphatic carbocycles. The SMILES string of the molecule is Cc1cccc(NC(=O)NC(C(=N)N)c2ccccc2)c1. The van der Waals surface area contributed by atoms with Crippen LogP contribution >= 0.6 is 0 Å². The maximum Gasteiger partial charge on any atom is 0.320 e. The molecular weight excluding hydrogens is 264 g/mol. The van der Waals surface area contributed by atoms with E-state index in [1.807, 2.05) is 55.5 Å². The average molecular weight is 282 g/mol. The standard InChI is InChI=1S/C16H18N4O/c1-11-6-5-9-13(10-11)19-16(21)20-14(15(17)18)12-7-3-2-4-8-12/h2-10,14H,1H3,(H3,17,18)(H2,19,20,21). The number of urea groups is 1. The van der Waals surface area contributed by atoms with Gasteiger partial charge in [0.15, 0.2) is 0 Å². The molecule has 0 saturated carbocycles. The number of hydrogen-bond acceptors (Lipinski definition) is 2. The lowest BCUT2D eigenvalue weighted by molar-refractivity contribution is 0.251. The summed E-state index contributed by atoms with van der Waals surface area (Å²) in [4.78, 5) is 12.0. The quantitative estimate of drug-likeness (QED) is 0.513. The van der Waals surface area contributed by atoms with Crippen LogP contribution in [0.2, 0.25) is 0 Å². The Balaban J connectivity index is 2.07. The Labute approximate surface area is 123 Å². The summed E-state index contributed by atoms with van der Waals surface area (Å²) in [7, 11) is 0. The van der Waals surface area contributed by atoms with Crippen molar-refractivity contribution in [3.63, 3.8) is 0 Å². The number of amidine groups is 1. The number of hydrogen-bond donors (Lipinski definition) is 4. The molecule has 2 rings (SSSR count). The highest BCUT2D eigenvalue weighted by molar-refractivity contribution is 5.94. The van der Waals surface area contributed by atoms with Crippen LogP contribution in [0.4, 0.5) is 10.5 Å². The van der Waals surface area contributed by atoms with Crippen molar-refractivity contribution in [2.75, 3.05) is 5.32 Å². The van der Waals surface area contributed by atoms with E-state index in [-0.39, 0.29) is 5.84 Å². The molecule has 0 spiro atoms. The van der Waals surface area contributed by atoms with Crippen LogP contribution in [-0.4, -0.2) is 11.9 Å². The molecule has 2 aromatic rings. The molecule has 108 valence electrons. The summed E-state index contributed by atoms with van der Waals surface area (Å²) in [6.07, 6.45) is 0. The minimum atomic E-state index is -0.643. The number of anilines is 1. The summed E-state index contributed by atoms with van der Waals surface area (Å²) >= 11 is 0. The average Bonchev–Trinajstić information content (AvgIpc) is 2.45. The van der Waals surface area contributed by atoms with Gasteiger partial charge < -0.3 is 16.4 Å². The third-order valence-electron chi connectivity index (χ3n) is 3.00. The Morgan fingerprint density at radius 2 is 1.86 bits per heavy atom. The fourth-order valence-electron chi connectivity index (χ4n) is 2.01. The first kappa shape index (κ1) is 14.6. The van der Waals surface area contributed by atoms with Crippen LogP contribution in [0.15, 0.2) is 54.6 Å². The fourth-order valence-corrected chi connectivity index (χ4v) is 2.01. The molecule has 21 heavy (non-hydrogen) atoms. The smallest absolute Gasteiger partial charge is 0.320 e. The second-order valence-corrected chi connectivity index (χ2v) is 4.77. The van der Waals surface area contributed by atoms with E-state index < -0.39 is 12.1 Å². The number of benzene rings is 2. The Hall–Kier alpha value is -2.82. The van der Waals surface area contributed by atoms with Crippen molar-refractivity contribution in [2.24, 2.45) is 5.73 Å². The third-order valence-corrected chi connectivity index (χ3v) is 3.00. The minimum absolute atomic E-state index is 0.111. The predicted octanol–water partition coefficient (Wildman–Crippen LogP) is 2.79. The first-order valence-electron chi connectivity index (χ1n) is 6.59. The number of carbonyl (C=O) groups is 1. The molecule has 5 nitrogen and oxygen atoms in total. The van der Waals surface area contributed by atoms with Gasteiger partial charge >= 0.3 is 6.03 Å². The summed E-state index contributed by atoms with van der Waals surface area (Å²) in [6, 6.07) is 15.6. The van der Waals surface area contributed by atoms with Gasteiger partial charge in [0.25, 0.3) is 0 Å². The zero-order chi connectivity index (χ0) is 15.2. The number of rotatable bonds is 4. The monoisotopic (exact) mass is 282 g/mol. The summed E-state index contributed by atoms with van der Waals surface area (Å²) in [5.74, 6) is -0.111. The second-order valence-electron chi connectivity index (χ2n) is 4.77. The van der Waals surface area contributed by atoms with Crippen molar-refractivity contribution in [3.05, 3.63) is 65.7 Å². The molecule has 1 unspecified atom stereocenters. The van der Waals surface area contributed by atoms with Gasteiger partial charge in [-0.05, 0) is 30.2 Å². The lowest BCUT2D eigenvalue weighted by Gasteiger charge is -2.18. The molecule has 0 aliphatic heterocycles. The molecule has 0 bridgehead atoms. The van der Waals surface area contributed by atoms with Gasteiger partial charge in [-0.3, -0.25) is 5.41 Å². The predicted molar refractivity (Wildman–Crippen MR) is 84.4 cm³/mol. The van der Waals surface area contributed by atoms with E-state index in [0.717, 1.165) is 11.1 Å². The van der Waals surface area contributed by atoms with Gasteiger partial charge in [-0.1, -0.05) is 42.5 Å². The molecule has 2 amide bonds. The van der Waals surface area contributed by atoms with Gasteiger partial charge in [-0.2, -0.15) is 0 Å². The molecule has 0 heterocycles. The maximum atomic E-state index is 12.0. The number of amides is 2. The van der Waals surface area contributed by atoms with Crippen molar-refractivity contribution >= 4 is 17.6 Å². The van der Waals surface area contributed by atoms with E-state index >= 15 is 0 Å². The van der Waals surface area contributed by atoms with E-state index in [2.05, 4.69) is 10.6 Å². The molecular formula is C16H18N4O. The van der Waals surface area contributed by atoms with Crippen molar-refractivity contribution in [1.29, 1.82) is 5.41 Å². The van der Waals surface area contributed by atoms with Crippen LogP contribution in [0, 0.1) is 12.3 Å². The Morgan fingerprint density at radius 3 is 2.48 bits per heavy atom. The van der Waals surface area contributed by atoms with E-state index in [9.17, 15) is 4.79 Å².